The standard InChI is InChI=1S/C22H23ClN2O3/c1-14-3-8-18-19(26)13-22(28-20(18)15(14)2)9-11-25(12-10-22)21(27)24-17-6-4-16(23)5-7-17/h3-8H,9-13H2,1-2H3,(H,24,27). The van der Waals surface area contributed by atoms with Crippen LogP contribution in [0.2, 0.25) is 5.02 Å². The van der Waals surface area contributed by atoms with Crippen molar-refractivity contribution in [1.82, 2.24) is 4.90 Å². The lowest BCUT2D eigenvalue weighted by atomic mass is 9.81. The lowest BCUT2D eigenvalue weighted by molar-refractivity contribution is -0.000173. The summed E-state index contributed by atoms with van der Waals surface area (Å²) in [6.45, 7) is 5.11. The minimum atomic E-state index is -0.514. The second kappa shape index (κ2) is 7.13. The number of halogens is 1. The topological polar surface area (TPSA) is 58.6 Å². The molecule has 1 spiro atoms. The summed E-state index contributed by atoms with van der Waals surface area (Å²) in [6, 6.07) is 10.7. The summed E-state index contributed by atoms with van der Waals surface area (Å²) in [6.07, 6.45) is 1.65. The summed E-state index contributed by atoms with van der Waals surface area (Å²) in [5, 5.41) is 3.52. The minimum absolute atomic E-state index is 0.128. The Morgan fingerprint density at radius 2 is 1.79 bits per heavy atom. The molecule has 2 heterocycles. The third-order valence-electron chi connectivity index (χ3n) is 5.84. The first kappa shape index (κ1) is 18.8. The number of nitrogens with zero attached hydrogens (tertiary/aromatic N) is 1. The number of fused-ring (bicyclic) bond motifs is 1. The predicted octanol–water partition coefficient (Wildman–Crippen LogP) is 4.99. The molecular weight excluding hydrogens is 376 g/mol. The van der Waals surface area contributed by atoms with Gasteiger partial charge in [-0.3, -0.25) is 4.79 Å². The first-order valence-corrected chi connectivity index (χ1v) is 9.89. The first-order valence-electron chi connectivity index (χ1n) is 9.51. The van der Waals surface area contributed by atoms with E-state index in [4.69, 9.17) is 16.3 Å². The van der Waals surface area contributed by atoms with Crippen molar-refractivity contribution >= 4 is 29.1 Å². The molecule has 0 aliphatic carbocycles. The van der Waals surface area contributed by atoms with Crippen molar-refractivity contribution in [3.8, 4) is 5.75 Å². The van der Waals surface area contributed by atoms with Crippen molar-refractivity contribution in [2.75, 3.05) is 18.4 Å². The molecule has 5 nitrogen and oxygen atoms in total. The SMILES string of the molecule is Cc1ccc2c(c1C)OC1(CCN(C(=O)Nc3ccc(Cl)cc3)CC1)CC2=O. The molecule has 146 valence electrons. The van der Waals surface area contributed by atoms with E-state index in [2.05, 4.69) is 5.32 Å². The Kier molecular flexibility index (Phi) is 4.79. The molecule has 2 aliphatic heterocycles. The smallest absolute Gasteiger partial charge is 0.321 e. The Labute approximate surface area is 169 Å². The van der Waals surface area contributed by atoms with E-state index in [9.17, 15) is 9.59 Å². The summed E-state index contributed by atoms with van der Waals surface area (Å²) < 4.78 is 6.41. The molecule has 0 radical (unpaired) electrons. The fourth-order valence-electron chi connectivity index (χ4n) is 3.91. The van der Waals surface area contributed by atoms with Crippen LogP contribution in [0.5, 0.6) is 5.75 Å². The van der Waals surface area contributed by atoms with E-state index in [0.29, 0.717) is 48.6 Å². The molecule has 1 saturated heterocycles. The van der Waals surface area contributed by atoms with Crippen molar-refractivity contribution in [1.29, 1.82) is 0 Å². The summed E-state index contributed by atoms with van der Waals surface area (Å²) >= 11 is 5.88. The van der Waals surface area contributed by atoms with Crippen LogP contribution in [0.15, 0.2) is 36.4 Å². The predicted molar refractivity (Wildman–Crippen MR) is 110 cm³/mol. The highest BCUT2D eigenvalue weighted by Gasteiger charge is 2.44. The summed E-state index contributed by atoms with van der Waals surface area (Å²) in [5.41, 5.74) is 3.01. The van der Waals surface area contributed by atoms with Crippen LogP contribution in [0.3, 0.4) is 0 Å². The highest BCUT2D eigenvalue weighted by molar-refractivity contribution is 6.30. The summed E-state index contributed by atoms with van der Waals surface area (Å²) in [7, 11) is 0. The number of urea groups is 1. The largest absolute Gasteiger partial charge is 0.486 e. The maximum absolute atomic E-state index is 12.7. The molecule has 4 rings (SSSR count). The fourth-order valence-corrected chi connectivity index (χ4v) is 4.04. The van der Waals surface area contributed by atoms with Crippen LogP contribution in [0.4, 0.5) is 10.5 Å². The number of hydrogen-bond acceptors (Lipinski definition) is 3. The zero-order valence-electron chi connectivity index (χ0n) is 16.0. The van der Waals surface area contributed by atoms with E-state index in [0.717, 1.165) is 16.9 Å². The molecule has 0 aromatic heterocycles. The number of aryl methyl sites for hydroxylation is 1. The van der Waals surface area contributed by atoms with E-state index in [1.54, 1.807) is 29.2 Å². The zero-order valence-corrected chi connectivity index (χ0v) is 16.8. The van der Waals surface area contributed by atoms with Crippen molar-refractivity contribution in [2.45, 2.75) is 38.7 Å². The van der Waals surface area contributed by atoms with Crippen LogP contribution in [0, 0.1) is 13.8 Å². The van der Waals surface area contributed by atoms with Gasteiger partial charge in [0.2, 0.25) is 0 Å². The Morgan fingerprint density at radius 1 is 1.11 bits per heavy atom. The lowest BCUT2D eigenvalue weighted by Gasteiger charge is -2.44. The van der Waals surface area contributed by atoms with Gasteiger partial charge in [-0.05, 0) is 55.3 Å². The van der Waals surface area contributed by atoms with E-state index < -0.39 is 5.60 Å². The molecule has 6 heteroatoms. The van der Waals surface area contributed by atoms with Crippen molar-refractivity contribution in [3.05, 3.63) is 58.1 Å². The molecule has 0 saturated carbocycles. The first-order chi connectivity index (χ1) is 13.4. The average molecular weight is 399 g/mol. The van der Waals surface area contributed by atoms with Crippen LogP contribution < -0.4 is 10.1 Å². The molecule has 0 atom stereocenters. The number of rotatable bonds is 1. The fraction of sp³-hybridized carbons (Fsp3) is 0.364. The quantitative estimate of drug-likeness (QED) is 0.736. The molecule has 2 aromatic rings. The molecule has 2 aliphatic rings. The number of nitrogens with one attached hydrogen (secondary N) is 1. The van der Waals surface area contributed by atoms with Crippen LogP contribution >= 0.6 is 11.6 Å². The van der Waals surface area contributed by atoms with E-state index in [1.807, 2.05) is 26.0 Å². The number of ether oxygens (including phenoxy) is 1. The molecule has 2 amide bonds. The third-order valence-corrected chi connectivity index (χ3v) is 6.09. The van der Waals surface area contributed by atoms with Gasteiger partial charge in [0.25, 0.3) is 0 Å². The number of amides is 2. The van der Waals surface area contributed by atoms with Gasteiger partial charge in [-0.1, -0.05) is 17.7 Å². The number of carbonyl (C=O) groups is 2. The third kappa shape index (κ3) is 3.47. The Balaban J connectivity index is 1.45. The summed E-state index contributed by atoms with van der Waals surface area (Å²) in [5.74, 6) is 0.846. The highest BCUT2D eigenvalue weighted by Crippen LogP contribution is 2.41. The molecule has 1 fully saturated rings. The maximum atomic E-state index is 12.7. The Hall–Kier alpha value is -2.53. The van der Waals surface area contributed by atoms with Crippen LogP contribution in [0.1, 0.15) is 40.7 Å². The monoisotopic (exact) mass is 398 g/mol. The van der Waals surface area contributed by atoms with Crippen LogP contribution in [-0.4, -0.2) is 35.4 Å². The van der Waals surface area contributed by atoms with Gasteiger partial charge in [0, 0.05) is 36.6 Å². The molecule has 28 heavy (non-hydrogen) atoms. The zero-order chi connectivity index (χ0) is 19.9. The number of piperidine rings is 1. The Bertz CT molecular complexity index is 932. The van der Waals surface area contributed by atoms with Crippen molar-refractivity contribution in [3.63, 3.8) is 0 Å². The number of carbonyl (C=O) groups excluding carboxylic acids is 2. The van der Waals surface area contributed by atoms with Gasteiger partial charge in [-0.25, -0.2) is 4.79 Å². The number of ketones is 1. The second-order valence-electron chi connectivity index (χ2n) is 7.69. The lowest BCUT2D eigenvalue weighted by Crippen LogP contribution is -2.53. The normalized spacial score (nSPS) is 17.8. The summed E-state index contributed by atoms with van der Waals surface area (Å²) in [4.78, 5) is 27.1. The van der Waals surface area contributed by atoms with Gasteiger partial charge in [-0.15, -0.1) is 0 Å². The van der Waals surface area contributed by atoms with Gasteiger partial charge < -0.3 is 15.0 Å². The van der Waals surface area contributed by atoms with Crippen LogP contribution in [-0.2, 0) is 0 Å². The molecule has 2 aromatic carbocycles. The van der Waals surface area contributed by atoms with Gasteiger partial charge in [0.15, 0.2) is 5.78 Å². The van der Waals surface area contributed by atoms with E-state index >= 15 is 0 Å². The number of anilines is 1. The van der Waals surface area contributed by atoms with E-state index in [-0.39, 0.29) is 11.8 Å². The molecule has 0 bridgehead atoms. The molecular formula is C22H23ClN2O3. The van der Waals surface area contributed by atoms with Gasteiger partial charge in [0.05, 0.1) is 12.0 Å². The molecule has 0 unspecified atom stereocenters. The van der Waals surface area contributed by atoms with Gasteiger partial charge in [0.1, 0.15) is 11.4 Å². The van der Waals surface area contributed by atoms with Gasteiger partial charge in [-0.2, -0.15) is 0 Å². The number of Topliss-reactive ketones (excluding diaryl/α,β-unsaturated/α-hetero) is 1. The van der Waals surface area contributed by atoms with Crippen molar-refractivity contribution < 1.29 is 14.3 Å². The Morgan fingerprint density at radius 3 is 2.46 bits per heavy atom. The van der Waals surface area contributed by atoms with Crippen molar-refractivity contribution in [2.24, 2.45) is 0 Å². The number of likely N-dealkylation sites (tertiary alicyclic amines) is 1. The highest BCUT2D eigenvalue weighted by atomic mass is 35.5. The molecule has 1 N–H and O–H groups in total. The number of hydrogen-bond donors (Lipinski definition) is 1. The van der Waals surface area contributed by atoms with Gasteiger partial charge >= 0.3 is 6.03 Å². The maximum Gasteiger partial charge on any atom is 0.321 e. The average Bonchev–Trinajstić information content (AvgIpc) is 2.67. The van der Waals surface area contributed by atoms with Crippen LogP contribution in [0.25, 0.3) is 0 Å². The number of benzene rings is 2. The minimum Gasteiger partial charge on any atom is -0.486 e. The van der Waals surface area contributed by atoms with E-state index in [1.165, 1.54) is 0 Å². The second-order valence-corrected chi connectivity index (χ2v) is 8.13.